The molecular weight excluding hydrogens is 220 g/mol. The Morgan fingerprint density at radius 2 is 2.00 bits per heavy atom. The second-order valence-corrected chi connectivity index (χ2v) is 3.95. The first kappa shape index (κ1) is 13.3. The average Bonchev–Trinajstić information content (AvgIpc) is 2.27. The van der Waals surface area contributed by atoms with Crippen molar-refractivity contribution in [1.29, 1.82) is 0 Å². The summed E-state index contributed by atoms with van der Waals surface area (Å²) in [5.74, 6) is 0.797. The zero-order chi connectivity index (χ0) is 12.7. The molecule has 0 saturated heterocycles. The number of hydrogen-bond donors (Lipinski definition) is 2. The first-order valence-electron chi connectivity index (χ1n) is 5.41. The predicted molar refractivity (Wildman–Crippen MR) is 65.4 cm³/mol. The quantitative estimate of drug-likeness (QED) is 0.786. The minimum atomic E-state index is -1.02. The Hall–Kier alpha value is -1.75. The van der Waals surface area contributed by atoms with E-state index in [4.69, 9.17) is 9.84 Å². The summed E-state index contributed by atoms with van der Waals surface area (Å²) in [6.45, 7) is 1.81. The lowest BCUT2D eigenvalue weighted by Gasteiger charge is -2.11. The number of carboxylic acid groups (broad SMARTS) is 1. The summed E-state index contributed by atoms with van der Waals surface area (Å²) in [5.41, 5.74) is 0.910. The maximum absolute atomic E-state index is 10.3. The van der Waals surface area contributed by atoms with Crippen molar-refractivity contribution in [1.82, 2.24) is 10.2 Å². The molecule has 5 nitrogen and oxygen atoms in total. The Balaban J connectivity index is 2.36. The summed E-state index contributed by atoms with van der Waals surface area (Å²) in [6, 6.07) is 7.38. The van der Waals surface area contributed by atoms with E-state index in [0.29, 0.717) is 13.2 Å². The van der Waals surface area contributed by atoms with Crippen molar-refractivity contribution in [3.8, 4) is 5.75 Å². The molecule has 1 aromatic carbocycles. The van der Waals surface area contributed by atoms with E-state index in [1.54, 1.807) is 0 Å². The molecule has 0 bridgehead atoms. The maximum atomic E-state index is 10.3. The van der Waals surface area contributed by atoms with Crippen molar-refractivity contribution in [2.45, 2.75) is 6.54 Å². The lowest BCUT2D eigenvalue weighted by molar-refractivity contribution is 0.194. The van der Waals surface area contributed by atoms with E-state index in [1.807, 2.05) is 43.3 Å². The fourth-order valence-corrected chi connectivity index (χ4v) is 1.23. The van der Waals surface area contributed by atoms with Gasteiger partial charge in [0.25, 0.3) is 0 Å². The minimum absolute atomic E-state index is 0.313. The second-order valence-electron chi connectivity index (χ2n) is 3.95. The Labute approximate surface area is 101 Å². The molecule has 1 amide bonds. The van der Waals surface area contributed by atoms with E-state index < -0.39 is 6.09 Å². The summed E-state index contributed by atoms with van der Waals surface area (Å²) >= 11 is 0. The van der Waals surface area contributed by atoms with Crippen molar-refractivity contribution in [3.05, 3.63) is 29.8 Å². The number of likely N-dealkylation sites (N-methyl/N-ethyl adjacent to an activating group) is 1. The molecule has 0 unspecified atom stereocenters. The molecular formula is C12H18N2O3. The number of rotatable bonds is 6. The van der Waals surface area contributed by atoms with Gasteiger partial charge in [-0.25, -0.2) is 4.79 Å². The molecule has 0 saturated carbocycles. The van der Waals surface area contributed by atoms with Crippen molar-refractivity contribution >= 4 is 6.09 Å². The summed E-state index contributed by atoms with van der Waals surface area (Å²) < 4.78 is 5.52. The van der Waals surface area contributed by atoms with Crippen LogP contribution in [0.3, 0.4) is 0 Å². The van der Waals surface area contributed by atoms with E-state index in [0.717, 1.165) is 17.9 Å². The first-order valence-corrected chi connectivity index (χ1v) is 5.41. The van der Waals surface area contributed by atoms with Crippen molar-refractivity contribution < 1.29 is 14.6 Å². The summed E-state index contributed by atoms with van der Waals surface area (Å²) in [5, 5.41) is 10.8. The number of amides is 1. The molecule has 2 N–H and O–H groups in total. The topological polar surface area (TPSA) is 61.8 Å². The van der Waals surface area contributed by atoms with Crippen LogP contribution >= 0.6 is 0 Å². The first-order chi connectivity index (χ1) is 8.08. The van der Waals surface area contributed by atoms with Crippen LogP contribution in [0, 0.1) is 0 Å². The Morgan fingerprint density at radius 1 is 1.35 bits per heavy atom. The number of hydrogen-bond acceptors (Lipinski definition) is 3. The van der Waals surface area contributed by atoms with Crippen LogP contribution in [0.5, 0.6) is 5.75 Å². The number of nitrogens with zero attached hydrogens (tertiary/aromatic N) is 1. The number of benzene rings is 1. The normalized spacial score (nSPS) is 10.3. The van der Waals surface area contributed by atoms with Crippen LogP contribution in [0.4, 0.5) is 4.79 Å². The molecule has 0 heterocycles. The average molecular weight is 238 g/mol. The van der Waals surface area contributed by atoms with Gasteiger partial charge in [-0.2, -0.15) is 0 Å². The third kappa shape index (κ3) is 5.77. The van der Waals surface area contributed by atoms with Gasteiger partial charge in [0.15, 0.2) is 0 Å². The highest BCUT2D eigenvalue weighted by Crippen LogP contribution is 2.11. The summed E-state index contributed by atoms with van der Waals surface area (Å²) in [6.07, 6.45) is -1.02. The van der Waals surface area contributed by atoms with Gasteiger partial charge in [0.05, 0.1) is 0 Å². The van der Waals surface area contributed by atoms with Gasteiger partial charge in [-0.1, -0.05) is 12.1 Å². The largest absolute Gasteiger partial charge is 0.492 e. The van der Waals surface area contributed by atoms with Gasteiger partial charge >= 0.3 is 6.09 Å². The van der Waals surface area contributed by atoms with E-state index in [9.17, 15) is 4.79 Å². The van der Waals surface area contributed by atoms with Gasteiger partial charge in [0, 0.05) is 13.1 Å². The third-order valence-electron chi connectivity index (χ3n) is 2.17. The van der Waals surface area contributed by atoms with E-state index in [1.165, 1.54) is 0 Å². The van der Waals surface area contributed by atoms with Gasteiger partial charge in [0.2, 0.25) is 0 Å². The molecule has 1 aromatic rings. The molecule has 1 rings (SSSR count). The summed E-state index contributed by atoms with van der Waals surface area (Å²) in [7, 11) is 3.98. The lowest BCUT2D eigenvalue weighted by Crippen LogP contribution is -2.20. The standard InChI is InChI=1S/C12H18N2O3/c1-14(2)7-8-17-11-5-3-10(4-6-11)9-13-12(15)16/h3-6,13H,7-9H2,1-2H3,(H,15,16). The third-order valence-corrected chi connectivity index (χ3v) is 2.17. The number of nitrogens with one attached hydrogen (secondary N) is 1. The van der Waals surface area contributed by atoms with Gasteiger partial charge in [-0.05, 0) is 31.8 Å². The molecule has 5 heteroatoms. The zero-order valence-corrected chi connectivity index (χ0v) is 10.1. The Kier molecular flexibility index (Phi) is 5.29. The van der Waals surface area contributed by atoms with E-state index in [2.05, 4.69) is 5.32 Å². The number of carbonyl (C=O) groups is 1. The van der Waals surface area contributed by atoms with E-state index in [-0.39, 0.29) is 0 Å². The molecule has 0 aliphatic carbocycles. The van der Waals surface area contributed by atoms with E-state index >= 15 is 0 Å². The monoisotopic (exact) mass is 238 g/mol. The van der Waals surface area contributed by atoms with Crippen LogP contribution < -0.4 is 10.1 Å². The Bertz CT molecular complexity index is 349. The molecule has 0 aliphatic heterocycles. The lowest BCUT2D eigenvalue weighted by atomic mass is 10.2. The molecule has 0 fully saturated rings. The molecule has 0 aromatic heterocycles. The van der Waals surface area contributed by atoms with Crippen LogP contribution in [-0.2, 0) is 6.54 Å². The van der Waals surface area contributed by atoms with Crippen molar-refractivity contribution in [2.75, 3.05) is 27.2 Å². The molecule has 0 aliphatic rings. The molecule has 0 radical (unpaired) electrons. The van der Waals surface area contributed by atoms with Gasteiger partial charge in [0.1, 0.15) is 12.4 Å². The van der Waals surface area contributed by atoms with Gasteiger partial charge in [-0.3, -0.25) is 0 Å². The van der Waals surface area contributed by atoms with Gasteiger partial charge < -0.3 is 20.1 Å². The maximum Gasteiger partial charge on any atom is 0.404 e. The van der Waals surface area contributed by atoms with Gasteiger partial charge in [-0.15, -0.1) is 0 Å². The smallest absolute Gasteiger partial charge is 0.404 e. The van der Waals surface area contributed by atoms with Crippen molar-refractivity contribution in [2.24, 2.45) is 0 Å². The van der Waals surface area contributed by atoms with Crippen LogP contribution in [0.1, 0.15) is 5.56 Å². The van der Waals surface area contributed by atoms with Crippen LogP contribution in [0.25, 0.3) is 0 Å². The summed E-state index contributed by atoms with van der Waals surface area (Å²) in [4.78, 5) is 12.4. The fourth-order valence-electron chi connectivity index (χ4n) is 1.23. The second kappa shape index (κ2) is 6.75. The van der Waals surface area contributed by atoms with Crippen molar-refractivity contribution in [3.63, 3.8) is 0 Å². The van der Waals surface area contributed by atoms with Crippen LogP contribution in [-0.4, -0.2) is 43.3 Å². The molecule has 94 valence electrons. The molecule has 0 spiro atoms. The highest BCUT2D eigenvalue weighted by atomic mass is 16.5. The van der Waals surface area contributed by atoms with Crippen LogP contribution in [0.15, 0.2) is 24.3 Å². The SMILES string of the molecule is CN(C)CCOc1ccc(CNC(=O)O)cc1. The van der Waals surface area contributed by atoms with Crippen LogP contribution in [0.2, 0.25) is 0 Å². The highest BCUT2D eigenvalue weighted by Gasteiger charge is 1.98. The molecule has 17 heavy (non-hydrogen) atoms. The molecule has 0 atom stereocenters. The highest BCUT2D eigenvalue weighted by molar-refractivity contribution is 5.64. The fraction of sp³-hybridized carbons (Fsp3) is 0.417. The predicted octanol–water partition coefficient (Wildman–Crippen LogP) is 1.39. The number of ether oxygens (including phenoxy) is 1. The Morgan fingerprint density at radius 3 is 2.53 bits per heavy atom. The minimum Gasteiger partial charge on any atom is -0.492 e. The zero-order valence-electron chi connectivity index (χ0n) is 10.1.